The van der Waals surface area contributed by atoms with Crippen LogP contribution in [0.15, 0.2) is 35.7 Å². The molecule has 5 rings (SSSR count). The van der Waals surface area contributed by atoms with E-state index in [4.69, 9.17) is 0 Å². The quantitative estimate of drug-likeness (QED) is 0.531. The summed E-state index contributed by atoms with van der Waals surface area (Å²) in [6.07, 6.45) is 6.81. The maximum Gasteiger partial charge on any atom is 0.275 e. The number of nitrogens with one attached hydrogen (secondary N) is 1. The lowest BCUT2D eigenvalue weighted by molar-refractivity contribution is -0.127. The van der Waals surface area contributed by atoms with Gasteiger partial charge in [0, 0.05) is 11.7 Å². The minimum absolute atomic E-state index is 0.0543. The molecule has 0 spiro atoms. The van der Waals surface area contributed by atoms with Gasteiger partial charge in [-0.3, -0.25) is 14.5 Å². The first-order valence-corrected chi connectivity index (χ1v) is 12.6. The number of hydrogen-bond acceptors (Lipinski definition) is 3. The smallest absolute Gasteiger partial charge is 0.275 e. The van der Waals surface area contributed by atoms with Crippen molar-refractivity contribution < 1.29 is 9.59 Å². The molecule has 1 aliphatic carbocycles. The number of amides is 2. The maximum absolute atomic E-state index is 13.9. The number of carbonyl (C=O) groups excluding carboxylic acids is 2. The lowest BCUT2D eigenvalue weighted by atomic mass is 9.91. The van der Waals surface area contributed by atoms with E-state index in [0.29, 0.717) is 12.2 Å². The Morgan fingerprint density at radius 2 is 1.88 bits per heavy atom. The van der Waals surface area contributed by atoms with Crippen molar-refractivity contribution in [1.29, 1.82) is 0 Å². The molecule has 3 aromatic rings. The van der Waals surface area contributed by atoms with Crippen molar-refractivity contribution >= 4 is 39.1 Å². The third kappa shape index (κ3) is 3.36. The zero-order valence-electron chi connectivity index (χ0n) is 19.1. The first kappa shape index (κ1) is 21.3. The summed E-state index contributed by atoms with van der Waals surface area (Å²) in [7, 11) is 0. The third-order valence-corrected chi connectivity index (χ3v) is 8.25. The molecule has 2 amide bonds. The highest BCUT2D eigenvalue weighted by Gasteiger charge is 2.49. The molecule has 0 radical (unpaired) electrons. The minimum atomic E-state index is -1.01. The van der Waals surface area contributed by atoms with Gasteiger partial charge in [0.1, 0.15) is 11.2 Å². The predicted molar refractivity (Wildman–Crippen MR) is 131 cm³/mol. The average Bonchev–Trinajstić information content (AvgIpc) is 3.26. The van der Waals surface area contributed by atoms with Crippen molar-refractivity contribution in [3.63, 3.8) is 0 Å². The molecule has 1 aromatic carbocycles. The number of anilines is 1. The molecule has 32 heavy (non-hydrogen) atoms. The van der Waals surface area contributed by atoms with Crippen LogP contribution in [0.4, 0.5) is 5.69 Å². The summed E-state index contributed by atoms with van der Waals surface area (Å²) in [6.45, 7) is 6.46. The molecule has 1 saturated carbocycles. The Morgan fingerprint density at radius 1 is 1.12 bits per heavy atom. The molecule has 0 bridgehead atoms. The number of hydrogen-bond donors (Lipinski definition) is 1. The number of rotatable bonds is 3. The van der Waals surface area contributed by atoms with Gasteiger partial charge in [0.05, 0.1) is 16.8 Å². The van der Waals surface area contributed by atoms with E-state index in [1.807, 2.05) is 48.1 Å². The molecule has 1 fully saturated rings. The van der Waals surface area contributed by atoms with E-state index in [-0.39, 0.29) is 17.9 Å². The molecule has 1 N–H and O–H groups in total. The van der Waals surface area contributed by atoms with Crippen LogP contribution in [0.2, 0.25) is 0 Å². The van der Waals surface area contributed by atoms with E-state index < -0.39 is 5.54 Å². The molecule has 5 nitrogen and oxygen atoms in total. The number of carbonyl (C=O) groups is 2. The number of aryl methyl sites for hydroxylation is 1. The van der Waals surface area contributed by atoms with E-state index >= 15 is 0 Å². The van der Waals surface area contributed by atoms with Crippen molar-refractivity contribution in [3.05, 3.63) is 52.5 Å². The molecule has 1 atom stereocenters. The molecular formula is C26H31N3O2S. The van der Waals surface area contributed by atoms with Crippen molar-refractivity contribution in [2.75, 3.05) is 4.90 Å². The summed E-state index contributed by atoms with van der Waals surface area (Å²) in [5, 5.41) is 5.39. The monoisotopic (exact) mass is 449 g/mol. The van der Waals surface area contributed by atoms with Crippen molar-refractivity contribution in [2.24, 2.45) is 0 Å². The second-order valence-corrected chi connectivity index (χ2v) is 10.5. The van der Waals surface area contributed by atoms with Crippen molar-refractivity contribution in [3.8, 4) is 0 Å². The Morgan fingerprint density at radius 3 is 2.62 bits per heavy atom. The fraction of sp³-hybridized carbons (Fsp3) is 0.462. The molecule has 3 heterocycles. The lowest BCUT2D eigenvalue weighted by Crippen LogP contribution is -2.65. The van der Waals surface area contributed by atoms with E-state index in [9.17, 15) is 9.59 Å². The summed E-state index contributed by atoms with van der Waals surface area (Å²) in [5.74, 6) is -0.159. The molecule has 1 unspecified atom stereocenters. The summed E-state index contributed by atoms with van der Waals surface area (Å²) in [6, 6.07) is 10.2. The number of aromatic nitrogens is 1. The predicted octanol–water partition coefficient (Wildman–Crippen LogP) is 5.58. The Kier molecular flexibility index (Phi) is 5.36. The Balaban J connectivity index is 1.61. The van der Waals surface area contributed by atoms with Gasteiger partial charge in [-0.2, -0.15) is 0 Å². The zero-order chi connectivity index (χ0) is 22.5. The van der Waals surface area contributed by atoms with Crippen LogP contribution >= 0.6 is 11.3 Å². The lowest BCUT2D eigenvalue weighted by Gasteiger charge is -2.45. The van der Waals surface area contributed by atoms with Crippen LogP contribution < -0.4 is 10.2 Å². The van der Waals surface area contributed by atoms with Crippen LogP contribution in [0, 0.1) is 13.8 Å². The molecule has 1 aliphatic heterocycles. The highest BCUT2D eigenvalue weighted by molar-refractivity contribution is 7.17. The van der Waals surface area contributed by atoms with Crippen LogP contribution in [0.1, 0.15) is 67.1 Å². The Labute approximate surface area is 193 Å². The molecule has 0 saturated heterocycles. The van der Waals surface area contributed by atoms with Gasteiger partial charge in [-0.05, 0) is 68.3 Å². The van der Waals surface area contributed by atoms with Gasteiger partial charge in [0.25, 0.3) is 5.91 Å². The number of fused-ring (bicyclic) bond motifs is 3. The minimum Gasteiger partial charge on any atom is -0.351 e. The Hall–Kier alpha value is -2.60. The molecule has 168 valence electrons. The summed E-state index contributed by atoms with van der Waals surface area (Å²) in [5.41, 5.74) is 3.66. The second-order valence-electron chi connectivity index (χ2n) is 9.58. The highest BCUT2D eigenvalue weighted by Crippen LogP contribution is 2.39. The van der Waals surface area contributed by atoms with E-state index in [1.165, 1.54) is 12.8 Å². The SMILES string of the molecule is Cc1cccc(N2C(=O)c3cc4sccc4n3CC2(C)C(=O)NC2CCCCCC2)c1C. The third-order valence-electron chi connectivity index (χ3n) is 7.40. The van der Waals surface area contributed by atoms with Gasteiger partial charge in [-0.25, -0.2) is 0 Å². The molecular weight excluding hydrogens is 418 g/mol. The first-order chi connectivity index (χ1) is 15.4. The Bertz CT molecular complexity index is 1190. The van der Waals surface area contributed by atoms with E-state index in [1.54, 1.807) is 16.2 Å². The van der Waals surface area contributed by atoms with Crippen LogP contribution in [-0.2, 0) is 11.3 Å². The summed E-state index contributed by atoms with van der Waals surface area (Å²) in [4.78, 5) is 29.6. The van der Waals surface area contributed by atoms with Gasteiger partial charge in [0.15, 0.2) is 0 Å². The largest absolute Gasteiger partial charge is 0.351 e. The fourth-order valence-electron chi connectivity index (χ4n) is 5.33. The zero-order valence-corrected chi connectivity index (χ0v) is 19.9. The second kappa shape index (κ2) is 8.07. The van der Waals surface area contributed by atoms with Gasteiger partial charge in [-0.15, -0.1) is 11.3 Å². The van der Waals surface area contributed by atoms with Crippen LogP contribution in [0.25, 0.3) is 10.2 Å². The average molecular weight is 450 g/mol. The van der Waals surface area contributed by atoms with E-state index in [0.717, 1.165) is 52.7 Å². The normalized spacial score (nSPS) is 22.1. The van der Waals surface area contributed by atoms with Gasteiger partial charge in [-0.1, -0.05) is 37.8 Å². The molecule has 2 aliphatic rings. The fourth-order valence-corrected chi connectivity index (χ4v) is 6.16. The highest BCUT2D eigenvalue weighted by atomic mass is 32.1. The standard InChI is InChI=1S/C26H31N3O2S/c1-17-9-8-12-20(18(17)2)29-24(30)22-15-23-21(13-14-32-23)28(22)16-26(29,3)25(31)27-19-10-6-4-5-7-11-19/h8-9,12-15,19H,4-7,10-11,16H2,1-3H3,(H,27,31). The number of nitrogens with zero attached hydrogens (tertiary/aromatic N) is 2. The topological polar surface area (TPSA) is 54.3 Å². The van der Waals surface area contributed by atoms with Crippen molar-refractivity contribution in [1.82, 2.24) is 9.88 Å². The van der Waals surface area contributed by atoms with Crippen LogP contribution in [0.3, 0.4) is 0 Å². The van der Waals surface area contributed by atoms with Crippen LogP contribution in [0.5, 0.6) is 0 Å². The van der Waals surface area contributed by atoms with Crippen molar-refractivity contribution in [2.45, 2.75) is 77.4 Å². The van der Waals surface area contributed by atoms with Gasteiger partial charge < -0.3 is 9.88 Å². The number of thiophene rings is 1. The molecule has 2 aromatic heterocycles. The number of benzene rings is 1. The van der Waals surface area contributed by atoms with E-state index in [2.05, 4.69) is 18.3 Å². The summed E-state index contributed by atoms with van der Waals surface area (Å²) >= 11 is 1.63. The van der Waals surface area contributed by atoms with Crippen LogP contribution in [-0.4, -0.2) is 28.0 Å². The summed E-state index contributed by atoms with van der Waals surface area (Å²) < 4.78 is 3.13. The van der Waals surface area contributed by atoms with Gasteiger partial charge in [0.2, 0.25) is 5.91 Å². The maximum atomic E-state index is 13.9. The van der Waals surface area contributed by atoms with Gasteiger partial charge >= 0.3 is 0 Å². The first-order valence-electron chi connectivity index (χ1n) is 11.7. The molecule has 6 heteroatoms.